The van der Waals surface area contributed by atoms with Gasteiger partial charge in [-0.3, -0.25) is 20.2 Å². The van der Waals surface area contributed by atoms with Crippen LogP contribution in [0.25, 0.3) is 0 Å². The molecule has 14 heteroatoms. The van der Waals surface area contributed by atoms with Crippen LogP contribution in [0.5, 0.6) is 0 Å². The average molecular weight is 585 g/mol. The average Bonchev–Trinajstić information content (AvgIpc) is 3.51. The van der Waals surface area contributed by atoms with Crippen LogP contribution in [0.2, 0.25) is 0 Å². The van der Waals surface area contributed by atoms with E-state index in [1.807, 2.05) is 0 Å². The maximum Gasteiger partial charge on any atom is 0.325 e. The SMILES string of the molecule is CC1CCN(C2=NC3C(C(=O)NC(=O)N3C)N2CC(C)CN2C(N3CCC(C)CC3)=NC3C2C(=O)NC(=O)N3C)CC1. The zero-order valence-electron chi connectivity index (χ0n) is 25.3. The highest BCUT2D eigenvalue weighted by molar-refractivity contribution is 6.04. The number of amides is 6. The number of fused-ring (bicyclic) bond motifs is 2. The zero-order valence-corrected chi connectivity index (χ0v) is 25.3. The largest absolute Gasteiger partial charge is 0.343 e. The van der Waals surface area contributed by atoms with Crippen molar-refractivity contribution < 1.29 is 19.2 Å². The predicted molar refractivity (Wildman–Crippen MR) is 155 cm³/mol. The number of urea groups is 2. The van der Waals surface area contributed by atoms with Crippen molar-refractivity contribution >= 4 is 35.8 Å². The lowest BCUT2D eigenvalue weighted by Crippen LogP contribution is -2.66. The summed E-state index contributed by atoms with van der Waals surface area (Å²) in [4.78, 5) is 72.9. The number of hydrogen-bond acceptors (Lipinski definition) is 10. The molecule has 42 heavy (non-hydrogen) atoms. The minimum Gasteiger partial charge on any atom is -0.343 e. The Hall–Kier alpha value is -3.58. The maximum absolute atomic E-state index is 13.2. The van der Waals surface area contributed by atoms with Crippen molar-refractivity contribution in [3.05, 3.63) is 0 Å². The zero-order chi connectivity index (χ0) is 29.9. The fourth-order valence-electron chi connectivity index (χ4n) is 7.09. The Morgan fingerprint density at radius 1 is 0.690 bits per heavy atom. The van der Waals surface area contributed by atoms with Crippen LogP contribution in [-0.4, -0.2) is 143 Å². The van der Waals surface area contributed by atoms with Crippen molar-refractivity contribution in [1.29, 1.82) is 0 Å². The normalized spacial score (nSPS) is 31.6. The molecule has 0 radical (unpaired) electrons. The van der Waals surface area contributed by atoms with E-state index in [1.165, 1.54) is 9.80 Å². The highest BCUT2D eigenvalue weighted by Gasteiger charge is 2.52. The summed E-state index contributed by atoms with van der Waals surface area (Å²) in [6, 6.07) is -2.11. The molecule has 0 spiro atoms. The molecule has 0 aliphatic carbocycles. The Morgan fingerprint density at radius 3 is 1.40 bits per heavy atom. The van der Waals surface area contributed by atoms with Gasteiger partial charge in [-0.25, -0.2) is 19.6 Å². The third-order valence-electron chi connectivity index (χ3n) is 9.83. The summed E-state index contributed by atoms with van der Waals surface area (Å²) >= 11 is 0. The van der Waals surface area contributed by atoms with Gasteiger partial charge in [0.05, 0.1) is 0 Å². The lowest BCUT2D eigenvalue weighted by Gasteiger charge is -2.42. The number of hydrogen-bond donors (Lipinski definition) is 2. The lowest BCUT2D eigenvalue weighted by molar-refractivity contribution is -0.127. The Kier molecular flexibility index (Phi) is 7.42. The number of imide groups is 2. The van der Waals surface area contributed by atoms with Crippen molar-refractivity contribution in [2.75, 3.05) is 53.4 Å². The van der Waals surface area contributed by atoms with Crippen LogP contribution < -0.4 is 10.6 Å². The molecule has 6 amide bonds. The maximum atomic E-state index is 13.2. The van der Waals surface area contributed by atoms with Crippen LogP contribution in [0.4, 0.5) is 9.59 Å². The highest BCUT2D eigenvalue weighted by Crippen LogP contribution is 2.31. The van der Waals surface area contributed by atoms with Crippen LogP contribution in [0.15, 0.2) is 9.98 Å². The van der Waals surface area contributed by atoms with Gasteiger partial charge in [0.15, 0.2) is 36.3 Å². The second-order valence-electron chi connectivity index (χ2n) is 13.1. The molecule has 6 aliphatic rings. The first kappa shape index (κ1) is 28.5. The molecule has 4 atom stereocenters. The quantitative estimate of drug-likeness (QED) is 0.478. The van der Waals surface area contributed by atoms with E-state index in [0.717, 1.165) is 63.8 Å². The minimum absolute atomic E-state index is 0.00297. The molecule has 6 heterocycles. The molecule has 14 nitrogen and oxygen atoms in total. The molecule has 4 saturated heterocycles. The van der Waals surface area contributed by atoms with Gasteiger partial charge < -0.3 is 29.4 Å². The molecule has 0 saturated carbocycles. The Labute approximate surface area is 247 Å². The Balaban J connectivity index is 1.25. The number of carbonyl (C=O) groups is 4. The van der Waals surface area contributed by atoms with Crippen molar-refractivity contribution in [3.8, 4) is 0 Å². The Bertz CT molecular complexity index is 1100. The van der Waals surface area contributed by atoms with Crippen LogP contribution in [0.3, 0.4) is 0 Å². The first-order valence-electron chi connectivity index (χ1n) is 15.4. The van der Waals surface area contributed by atoms with Gasteiger partial charge in [-0.05, 0) is 43.4 Å². The van der Waals surface area contributed by atoms with E-state index in [4.69, 9.17) is 9.98 Å². The fraction of sp³-hybridized carbons (Fsp3) is 0.786. The molecule has 4 fully saturated rings. The van der Waals surface area contributed by atoms with Gasteiger partial charge >= 0.3 is 12.1 Å². The molecule has 0 aromatic heterocycles. The van der Waals surface area contributed by atoms with E-state index in [1.54, 1.807) is 14.1 Å². The first-order chi connectivity index (χ1) is 20.0. The lowest BCUT2D eigenvalue weighted by atomic mass is 9.99. The summed E-state index contributed by atoms with van der Waals surface area (Å²) in [6.07, 6.45) is 3.02. The first-order valence-corrected chi connectivity index (χ1v) is 15.4. The van der Waals surface area contributed by atoms with E-state index in [-0.39, 0.29) is 17.7 Å². The third kappa shape index (κ3) is 4.91. The number of rotatable bonds is 4. The second kappa shape index (κ2) is 10.9. The van der Waals surface area contributed by atoms with Crippen molar-refractivity contribution in [1.82, 2.24) is 40.0 Å². The number of carbonyl (C=O) groups excluding carboxylic acids is 4. The summed E-state index contributed by atoms with van der Waals surface area (Å²) in [5, 5.41) is 5.00. The summed E-state index contributed by atoms with van der Waals surface area (Å²) in [5.74, 6) is 2.12. The summed E-state index contributed by atoms with van der Waals surface area (Å²) in [6.45, 7) is 11.0. The van der Waals surface area contributed by atoms with Gasteiger partial charge in [-0.2, -0.15) is 0 Å². The molecule has 6 rings (SSSR count). The smallest absolute Gasteiger partial charge is 0.325 e. The van der Waals surface area contributed by atoms with Crippen LogP contribution in [0, 0.1) is 17.8 Å². The second-order valence-corrected chi connectivity index (χ2v) is 13.1. The molecule has 6 aliphatic heterocycles. The van der Waals surface area contributed by atoms with Crippen LogP contribution in [-0.2, 0) is 9.59 Å². The minimum atomic E-state index is -0.616. The number of likely N-dealkylation sites (tertiary alicyclic amines) is 2. The van der Waals surface area contributed by atoms with Crippen molar-refractivity contribution in [2.45, 2.75) is 70.9 Å². The number of guanidine groups is 2. The molecule has 230 valence electrons. The van der Waals surface area contributed by atoms with E-state index in [9.17, 15) is 19.2 Å². The van der Waals surface area contributed by atoms with Gasteiger partial charge in [-0.1, -0.05) is 20.8 Å². The van der Waals surface area contributed by atoms with Crippen LogP contribution >= 0.6 is 0 Å². The van der Waals surface area contributed by atoms with Gasteiger partial charge in [0.2, 0.25) is 0 Å². The number of piperidine rings is 2. The standard InChI is InChI=1S/C28H44N10O4/c1-16-6-10-35(11-7-16)25-29-21-19(23(39)31-27(41)33(21)4)37(25)14-18(3)15-38-20-22(34(5)28(42)32-24(20)40)30-26(38)36-12-8-17(2)9-13-36/h16-22H,6-15H2,1-5H3,(H,31,39,41)(H,32,40,42). The summed E-state index contributed by atoms with van der Waals surface area (Å²) < 4.78 is 0. The van der Waals surface area contributed by atoms with Gasteiger partial charge in [0, 0.05) is 53.4 Å². The fourth-order valence-corrected chi connectivity index (χ4v) is 7.09. The number of aliphatic imine (C=N–C) groups is 2. The van der Waals surface area contributed by atoms with Crippen LogP contribution in [0.1, 0.15) is 46.5 Å². The molecule has 0 aromatic rings. The van der Waals surface area contributed by atoms with Gasteiger partial charge in [-0.15, -0.1) is 0 Å². The van der Waals surface area contributed by atoms with Crippen molar-refractivity contribution in [2.24, 2.45) is 27.7 Å². The molecule has 0 aromatic carbocycles. The molecule has 0 bridgehead atoms. The monoisotopic (exact) mass is 584 g/mol. The summed E-state index contributed by atoms with van der Waals surface area (Å²) in [5.41, 5.74) is 0. The highest BCUT2D eigenvalue weighted by atomic mass is 16.2. The molecule has 4 unspecified atom stereocenters. The van der Waals surface area contributed by atoms with E-state index < -0.39 is 36.5 Å². The van der Waals surface area contributed by atoms with Gasteiger partial charge in [0.1, 0.15) is 0 Å². The topological polar surface area (TPSA) is 136 Å². The number of likely N-dealkylation sites (N-methyl/N-ethyl adjacent to an activating group) is 2. The van der Waals surface area contributed by atoms with Crippen molar-refractivity contribution in [3.63, 3.8) is 0 Å². The van der Waals surface area contributed by atoms with E-state index >= 15 is 0 Å². The molecular formula is C28H44N10O4. The molecular weight excluding hydrogens is 540 g/mol. The van der Waals surface area contributed by atoms with E-state index in [0.29, 0.717) is 24.9 Å². The van der Waals surface area contributed by atoms with Gasteiger partial charge in [0.25, 0.3) is 11.8 Å². The van der Waals surface area contributed by atoms with E-state index in [2.05, 4.69) is 51.0 Å². The number of nitrogens with one attached hydrogen (secondary N) is 2. The Morgan fingerprint density at radius 2 is 1.05 bits per heavy atom. The molecule has 2 N–H and O–H groups in total. The third-order valence-corrected chi connectivity index (χ3v) is 9.83. The summed E-state index contributed by atoms with van der Waals surface area (Å²) in [7, 11) is 3.36. The predicted octanol–water partition coefficient (Wildman–Crippen LogP) is 0.182. The number of nitrogens with zero attached hydrogens (tertiary/aromatic N) is 8.